The molecule has 0 heterocycles. The zero-order valence-corrected chi connectivity index (χ0v) is 14.0. The minimum absolute atomic E-state index is 0.246. The summed E-state index contributed by atoms with van der Waals surface area (Å²) in [5.41, 5.74) is 0.901. The van der Waals surface area contributed by atoms with E-state index in [1.54, 1.807) is 13.2 Å². The highest BCUT2D eigenvalue weighted by molar-refractivity contribution is 7.99. The molecule has 0 aliphatic carbocycles. The van der Waals surface area contributed by atoms with E-state index in [9.17, 15) is 5.11 Å². The minimum Gasteiger partial charge on any atom is -0.504 e. The molecule has 2 aromatic carbocycles. The van der Waals surface area contributed by atoms with Crippen LogP contribution in [0.3, 0.4) is 0 Å². The lowest BCUT2D eigenvalue weighted by molar-refractivity contribution is 0.316. The maximum absolute atomic E-state index is 10.1. The Bertz CT molecular complexity index is 575. The fourth-order valence-corrected chi connectivity index (χ4v) is 3.13. The second-order valence-electron chi connectivity index (χ2n) is 5.22. The predicted molar refractivity (Wildman–Crippen MR) is 92.8 cm³/mol. The van der Waals surface area contributed by atoms with Crippen LogP contribution in [-0.4, -0.2) is 36.5 Å². The van der Waals surface area contributed by atoms with E-state index in [2.05, 4.69) is 36.2 Å². The summed E-state index contributed by atoms with van der Waals surface area (Å²) < 4.78 is 5.14. The molecule has 0 aliphatic heterocycles. The van der Waals surface area contributed by atoms with Gasteiger partial charge in [0.1, 0.15) is 0 Å². The van der Waals surface area contributed by atoms with E-state index < -0.39 is 0 Å². The lowest BCUT2D eigenvalue weighted by Gasteiger charge is -2.18. The third-order valence-corrected chi connectivity index (χ3v) is 4.54. The fourth-order valence-electron chi connectivity index (χ4n) is 2.27. The third kappa shape index (κ3) is 4.97. The highest BCUT2D eigenvalue weighted by atomic mass is 32.2. The Hall–Kier alpha value is -1.65. The Labute approximate surface area is 136 Å². The summed E-state index contributed by atoms with van der Waals surface area (Å²) in [6.07, 6.45) is 1.11. The van der Waals surface area contributed by atoms with Crippen LogP contribution >= 0.6 is 11.8 Å². The number of thioether (sulfide) groups is 1. The summed E-state index contributed by atoms with van der Waals surface area (Å²) in [4.78, 5) is 3.54. The molecule has 0 aliphatic rings. The molecule has 0 saturated carbocycles. The molecule has 2 aromatic rings. The van der Waals surface area contributed by atoms with Gasteiger partial charge in [-0.1, -0.05) is 30.3 Å². The monoisotopic (exact) mass is 317 g/mol. The minimum atomic E-state index is 0.246. The molecule has 2 rings (SSSR count). The van der Waals surface area contributed by atoms with Crippen molar-refractivity contribution in [3.05, 3.63) is 54.1 Å². The molecule has 0 unspecified atom stereocenters. The Kier molecular flexibility index (Phi) is 6.62. The van der Waals surface area contributed by atoms with Gasteiger partial charge in [-0.15, -0.1) is 11.8 Å². The van der Waals surface area contributed by atoms with E-state index in [0.29, 0.717) is 5.75 Å². The van der Waals surface area contributed by atoms with Gasteiger partial charge in [0.2, 0.25) is 0 Å². The molecule has 0 fully saturated rings. The number of benzene rings is 2. The zero-order chi connectivity index (χ0) is 15.8. The summed E-state index contributed by atoms with van der Waals surface area (Å²) in [6.45, 7) is 1.72. The maximum atomic E-state index is 10.1. The van der Waals surface area contributed by atoms with Gasteiger partial charge in [0.15, 0.2) is 11.5 Å². The number of ether oxygens (including phenoxy) is 1. The molecule has 118 valence electrons. The van der Waals surface area contributed by atoms with Crippen molar-refractivity contribution in [2.75, 3.05) is 26.5 Å². The number of phenolic OH excluding ortho intramolecular Hbond substituents is 1. The van der Waals surface area contributed by atoms with Crippen molar-refractivity contribution < 1.29 is 9.84 Å². The second kappa shape index (κ2) is 8.71. The molecule has 22 heavy (non-hydrogen) atoms. The van der Waals surface area contributed by atoms with Crippen LogP contribution in [0.4, 0.5) is 0 Å². The average molecular weight is 317 g/mol. The van der Waals surface area contributed by atoms with Crippen LogP contribution < -0.4 is 4.74 Å². The van der Waals surface area contributed by atoms with Crippen molar-refractivity contribution in [1.82, 2.24) is 4.90 Å². The Morgan fingerprint density at radius 1 is 1.09 bits per heavy atom. The highest BCUT2D eigenvalue weighted by Gasteiger charge is 2.09. The molecule has 1 N–H and O–H groups in total. The Balaban J connectivity index is 1.75. The average Bonchev–Trinajstić information content (AvgIpc) is 2.54. The molecule has 0 spiro atoms. The largest absolute Gasteiger partial charge is 0.504 e. The predicted octanol–water partition coefficient (Wildman–Crippen LogP) is 4.02. The van der Waals surface area contributed by atoms with Crippen molar-refractivity contribution in [3.8, 4) is 11.5 Å². The number of phenols is 1. The number of nitrogens with zero attached hydrogens (tertiary/aromatic N) is 1. The van der Waals surface area contributed by atoms with E-state index >= 15 is 0 Å². The van der Waals surface area contributed by atoms with Crippen molar-refractivity contribution in [2.24, 2.45) is 0 Å². The normalized spacial score (nSPS) is 10.9. The summed E-state index contributed by atoms with van der Waals surface area (Å²) in [5, 5.41) is 10.1. The number of hydrogen-bond acceptors (Lipinski definition) is 4. The van der Waals surface area contributed by atoms with E-state index in [1.165, 1.54) is 4.90 Å². The number of aromatic hydroxyl groups is 1. The standard InChI is InChI=1S/C18H23NO2S/c1-19(12-7-13-22-16-9-4-3-5-10-16)14-15-8-6-11-17(21-2)18(15)20/h3-6,8-11,20H,7,12-14H2,1-2H3. The van der Waals surface area contributed by atoms with Gasteiger partial charge >= 0.3 is 0 Å². The molecule has 0 amide bonds. The number of hydrogen-bond donors (Lipinski definition) is 1. The topological polar surface area (TPSA) is 32.7 Å². The van der Waals surface area contributed by atoms with Crippen molar-refractivity contribution in [2.45, 2.75) is 17.9 Å². The second-order valence-corrected chi connectivity index (χ2v) is 6.39. The number of rotatable bonds is 8. The van der Waals surface area contributed by atoms with E-state index in [4.69, 9.17) is 4.74 Å². The first-order valence-electron chi connectivity index (χ1n) is 7.42. The molecule has 4 heteroatoms. The first-order chi connectivity index (χ1) is 10.7. The van der Waals surface area contributed by atoms with E-state index in [0.717, 1.165) is 30.8 Å². The van der Waals surface area contributed by atoms with E-state index in [1.807, 2.05) is 30.0 Å². The molecular weight excluding hydrogens is 294 g/mol. The van der Waals surface area contributed by atoms with Crippen LogP contribution in [0.15, 0.2) is 53.4 Å². The van der Waals surface area contributed by atoms with Crippen molar-refractivity contribution in [3.63, 3.8) is 0 Å². The third-order valence-electron chi connectivity index (χ3n) is 3.44. The van der Waals surface area contributed by atoms with Gasteiger partial charge in [0, 0.05) is 17.0 Å². The van der Waals surface area contributed by atoms with Gasteiger partial charge in [-0.05, 0) is 44.0 Å². The smallest absolute Gasteiger partial charge is 0.162 e. The fraction of sp³-hybridized carbons (Fsp3) is 0.333. The van der Waals surface area contributed by atoms with E-state index in [-0.39, 0.29) is 5.75 Å². The summed E-state index contributed by atoms with van der Waals surface area (Å²) in [5.74, 6) is 1.87. The lowest BCUT2D eigenvalue weighted by Crippen LogP contribution is -2.19. The summed E-state index contributed by atoms with van der Waals surface area (Å²) in [6, 6.07) is 16.1. The van der Waals surface area contributed by atoms with Crippen LogP contribution in [0.25, 0.3) is 0 Å². The van der Waals surface area contributed by atoms with Gasteiger partial charge in [-0.25, -0.2) is 0 Å². The van der Waals surface area contributed by atoms with Crippen molar-refractivity contribution >= 4 is 11.8 Å². The molecule has 0 atom stereocenters. The van der Waals surface area contributed by atoms with Gasteiger partial charge in [-0.3, -0.25) is 0 Å². The Morgan fingerprint density at radius 3 is 2.59 bits per heavy atom. The molecule has 0 bridgehead atoms. The lowest BCUT2D eigenvalue weighted by atomic mass is 10.1. The zero-order valence-electron chi connectivity index (χ0n) is 13.2. The molecule has 3 nitrogen and oxygen atoms in total. The molecule has 0 radical (unpaired) electrons. The first kappa shape index (κ1) is 16.7. The highest BCUT2D eigenvalue weighted by Crippen LogP contribution is 2.30. The SMILES string of the molecule is COc1cccc(CN(C)CCCSc2ccccc2)c1O. The van der Waals surface area contributed by atoms with Gasteiger partial charge in [0.25, 0.3) is 0 Å². The molecule has 0 aromatic heterocycles. The van der Waals surface area contributed by atoms with Crippen molar-refractivity contribution in [1.29, 1.82) is 0 Å². The first-order valence-corrected chi connectivity index (χ1v) is 8.40. The van der Waals surface area contributed by atoms with Gasteiger partial charge in [-0.2, -0.15) is 0 Å². The maximum Gasteiger partial charge on any atom is 0.162 e. The molecular formula is C18H23NO2S. The van der Waals surface area contributed by atoms with Crippen LogP contribution in [-0.2, 0) is 6.54 Å². The van der Waals surface area contributed by atoms with Gasteiger partial charge < -0.3 is 14.7 Å². The van der Waals surface area contributed by atoms with Gasteiger partial charge in [0.05, 0.1) is 7.11 Å². The quantitative estimate of drug-likeness (QED) is 0.589. The van der Waals surface area contributed by atoms with Crippen LogP contribution in [0.1, 0.15) is 12.0 Å². The van der Waals surface area contributed by atoms with Crippen LogP contribution in [0.5, 0.6) is 11.5 Å². The summed E-state index contributed by atoms with van der Waals surface area (Å²) in [7, 11) is 3.65. The summed E-state index contributed by atoms with van der Waals surface area (Å²) >= 11 is 1.88. The Morgan fingerprint density at radius 2 is 1.86 bits per heavy atom. The van der Waals surface area contributed by atoms with Crippen LogP contribution in [0.2, 0.25) is 0 Å². The number of methoxy groups -OCH3 is 1. The number of para-hydroxylation sites is 1. The van der Waals surface area contributed by atoms with Crippen LogP contribution in [0, 0.1) is 0 Å². The molecule has 0 saturated heterocycles.